The Morgan fingerprint density at radius 2 is 2.06 bits per heavy atom. The van der Waals surface area contributed by atoms with Crippen molar-refractivity contribution in [2.24, 2.45) is 0 Å². The second kappa shape index (κ2) is 3.91. The molecule has 1 aliphatic rings. The molecule has 2 aromatic rings. The normalized spacial score (nSPS) is 13.9. The zero-order valence-electron chi connectivity index (χ0n) is 9.85. The fourth-order valence-electron chi connectivity index (χ4n) is 2.14. The highest BCUT2D eigenvalue weighted by Crippen LogP contribution is 2.29. The molecule has 3 rings (SSSR count). The van der Waals surface area contributed by atoms with E-state index in [1.807, 2.05) is 12.1 Å². The summed E-state index contributed by atoms with van der Waals surface area (Å²) in [6.45, 7) is 2.04. The monoisotopic (exact) mass is 242 g/mol. The molecule has 1 aromatic carbocycles. The SMILES string of the molecule is Cc1ccnc(N2Cc3ccccc3C2=O)c1F. The Morgan fingerprint density at radius 3 is 2.83 bits per heavy atom. The number of rotatable bonds is 1. The van der Waals surface area contributed by atoms with Crippen molar-refractivity contribution in [3.63, 3.8) is 0 Å². The van der Waals surface area contributed by atoms with Gasteiger partial charge >= 0.3 is 0 Å². The van der Waals surface area contributed by atoms with Crippen molar-refractivity contribution >= 4 is 11.7 Å². The van der Waals surface area contributed by atoms with Crippen LogP contribution >= 0.6 is 0 Å². The summed E-state index contributed by atoms with van der Waals surface area (Å²) >= 11 is 0. The lowest BCUT2D eigenvalue weighted by Crippen LogP contribution is -2.25. The van der Waals surface area contributed by atoms with Gasteiger partial charge in [0, 0.05) is 11.8 Å². The first kappa shape index (κ1) is 10.9. The molecule has 90 valence electrons. The highest BCUT2D eigenvalue weighted by atomic mass is 19.1. The van der Waals surface area contributed by atoms with Crippen molar-refractivity contribution in [1.82, 2.24) is 4.98 Å². The van der Waals surface area contributed by atoms with E-state index in [1.165, 1.54) is 11.1 Å². The van der Waals surface area contributed by atoms with Crippen molar-refractivity contribution in [2.45, 2.75) is 13.5 Å². The number of carbonyl (C=O) groups is 1. The molecule has 0 aliphatic carbocycles. The average molecular weight is 242 g/mol. The molecule has 0 saturated heterocycles. The summed E-state index contributed by atoms with van der Waals surface area (Å²) in [7, 11) is 0. The summed E-state index contributed by atoms with van der Waals surface area (Å²) in [4.78, 5) is 17.5. The van der Waals surface area contributed by atoms with Gasteiger partial charge in [-0.05, 0) is 30.2 Å². The summed E-state index contributed by atoms with van der Waals surface area (Å²) in [5.41, 5.74) is 2.02. The van der Waals surface area contributed by atoms with Gasteiger partial charge in [0.15, 0.2) is 11.6 Å². The van der Waals surface area contributed by atoms with Gasteiger partial charge in [-0.15, -0.1) is 0 Å². The van der Waals surface area contributed by atoms with E-state index < -0.39 is 5.82 Å². The van der Waals surface area contributed by atoms with Crippen LogP contribution in [-0.4, -0.2) is 10.9 Å². The maximum absolute atomic E-state index is 14.0. The minimum atomic E-state index is -0.432. The number of anilines is 1. The second-order valence-corrected chi connectivity index (χ2v) is 4.31. The van der Waals surface area contributed by atoms with Gasteiger partial charge in [0.2, 0.25) is 0 Å². The van der Waals surface area contributed by atoms with E-state index in [1.54, 1.807) is 25.1 Å². The first-order valence-electron chi connectivity index (χ1n) is 5.69. The number of carbonyl (C=O) groups excluding carboxylic acids is 1. The zero-order chi connectivity index (χ0) is 12.7. The van der Waals surface area contributed by atoms with Crippen LogP contribution in [0.15, 0.2) is 36.5 Å². The van der Waals surface area contributed by atoms with Crippen LogP contribution in [0.1, 0.15) is 21.5 Å². The summed E-state index contributed by atoms with van der Waals surface area (Å²) < 4.78 is 14.0. The molecule has 0 saturated carbocycles. The van der Waals surface area contributed by atoms with Crippen molar-refractivity contribution in [1.29, 1.82) is 0 Å². The molecule has 0 N–H and O–H groups in total. The molecule has 18 heavy (non-hydrogen) atoms. The van der Waals surface area contributed by atoms with Crippen molar-refractivity contribution in [2.75, 3.05) is 4.90 Å². The Morgan fingerprint density at radius 1 is 1.28 bits per heavy atom. The number of pyridine rings is 1. The minimum Gasteiger partial charge on any atom is -0.286 e. The predicted octanol–water partition coefficient (Wildman–Crippen LogP) is 2.69. The van der Waals surface area contributed by atoms with E-state index >= 15 is 0 Å². The van der Waals surface area contributed by atoms with Crippen LogP contribution in [0.4, 0.5) is 10.2 Å². The first-order chi connectivity index (χ1) is 8.68. The summed E-state index contributed by atoms with van der Waals surface area (Å²) in [5.74, 6) is -0.516. The largest absolute Gasteiger partial charge is 0.286 e. The van der Waals surface area contributed by atoms with Gasteiger partial charge in [0.1, 0.15) is 0 Å². The zero-order valence-corrected chi connectivity index (χ0v) is 9.85. The van der Waals surface area contributed by atoms with E-state index in [0.717, 1.165) is 5.56 Å². The number of aryl methyl sites for hydroxylation is 1. The predicted molar refractivity (Wildman–Crippen MR) is 65.9 cm³/mol. The van der Waals surface area contributed by atoms with Crippen LogP contribution in [0.5, 0.6) is 0 Å². The van der Waals surface area contributed by atoms with Crippen LogP contribution < -0.4 is 4.90 Å². The second-order valence-electron chi connectivity index (χ2n) is 4.31. The van der Waals surface area contributed by atoms with Crippen LogP contribution in [0, 0.1) is 12.7 Å². The summed E-state index contributed by atoms with van der Waals surface area (Å²) in [6, 6.07) is 8.90. The van der Waals surface area contributed by atoms with Crippen LogP contribution in [0.25, 0.3) is 0 Å². The van der Waals surface area contributed by atoms with E-state index in [-0.39, 0.29) is 11.7 Å². The van der Waals surface area contributed by atoms with E-state index in [9.17, 15) is 9.18 Å². The number of halogens is 1. The first-order valence-corrected chi connectivity index (χ1v) is 5.69. The van der Waals surface area contributed by atoms with Crippen LogP contribution in [0.3, 0.4) is 0 Å². The van der Waals surface area contributed by atoms with Crippen LogP contribution in [0.2, 0.25) is 0 Å². The number of benzene rings is 1. The number of aromatic nitrogens is 1. The maximum Gasteiger partial charge on any atom is 0.260 e. The Labute approximate surface area is 104 Å². The molecule has 0 unspecified atom stereocenters. The molecular weight excluding hydrogens is 231 g/mol. The van der Waals surface area contributed by atoms with Crippen molar-refractivity contribution in [3.8, 4) is 0 Å². The maximum atomic E-state index is 14.0. The molecule has 3 nitrogen and oxygen atoms in total. The molecule has 1 amide bonds. The molecule has 0 spiro atoms. The highest BCUT2D eigenvalue weighted by molar-refractivity contribution is 6.09. The molecule has 0 atom stereocenters. The molecule has 2 heterocycles. The number of hydrogen-bond donors (Lipinski definition) is 0. The average Bonchev–Trinajstić information content (AvgIpc) is 2.71. The number of hydrogen-bond acceptors (Lipinski definition) is 2. The summed E-state index contributed by atoms with van der Waals surface area (Å²) in [6.07, 6.45) is 1.52. The molecule has 1 aliphatic heterocycles. The Kier molecular flexibility index (Phi) is 2.37. The molecule has 0 radical (unpaired) electrons. The van der Waals surface area contributed by atoms with Crippen LogP contribution in [-0.2, 0) is 6.54 Å². The van der Waals surface area contributed by atoms with Gasteiger partial charge in [-0.2, -0.15) is 0 Å². The third kappa shape index (κ3) is 1.49. The topological polar surface area (TPSA) is 33.2 Å². The fourth-order valence-corrected chi connectivity index (χ4v) is 2.14. The lowest BCUT2D eigenvalue weighted by molar-refractivity contribution is 0.0995. The standard InChI is InChI=1S/C14H11FN2O/c1-9-6-7-16-13(12(9)15)17-8-10-4-2-3-5-11(10)14(17)18/h2-7H,8H2,1H3. The third-order valence-corrected chi connectivity index (χ3v) is 3.14. The smallest absolute Gasteiger partial charge is 0.260 e. The van der Waals surface area contributed by atoms with Gasteiger partial charge in [-0.25, -0.2) is 9.37 Å². The van der Waals surface area contributed by atoms with E-state index in [4.69, 9.17) is 0 Å². The van der Waals surface area contributed by atoms with Gasteiger partial charge in [0.05, 0.1) is 6.54 Å². The highest BCUT2D eigenvalue weighted by Gasteiger charge is 2.30. The number of fused-ring (bicyclic) bond motifs is 1. The molecular formula is C14H11FN2O. The number of amides is 1. The summed E-state index contributed by atoms with van der Waals surface area (Å²) in [5, 5.41) is 0. The minimum absolute atomic E-state index is 0.108. The molecule has 0 bridgehead atoms. The van der Waals surface area contributed by atoms with Crippen molar-refractivity contribution in [3.05, 3.63) is 59.0 Å². The van der Waals surface area contributed by atoms with Gasteiger partial charge in [0.25, 0.3) is 5.91 Å². The quantitative estimate of drug-likeness (QED) is 0.770. The third-order valence-electron chi connectivity index (χ3n) is 3.14. The van der Waals surface area contributed by atoms with E-state index in [0.29, 0.717) is 17.7 Å². The fraction of sp³-hybridized carbons (Fsp3) is 0.143. The lowest BCUT2D eigenvalue weighted by atomic mass is 10.1. The van der Waals surface area contributed by atoms with Gasteiger partial charge < -0.3 is 0 Å². The lowest BCUT2D eigenvalue weighted by Gasteiger charge is -2.15. The van der Waals surface area contributed by atoms with Crippen molar-refractivity contribution < 1.29 is 9.18 Å². The molecule has 0 fully saturated rings. The molecule has 1 aromatic heterocycles. The Bertz CT molecular complexity index is 639. The van der Waals surface area contributed by atoms with Gasteiger partial charge in [-0.1, -0.05) is 18.2 Å². The number of nitrogens with zero attached hydrogens (tertiary/aromatic N) is 2. The van der Waals surface area contributed by atoms with E-state index in [2.05, 4.69) is 4.98 Å². The Balaban J connectivity index is 2.07. The Hall–Kier alpha value is -2.23. The molecule has 4 heteroatoms. The van der Waals surface area contributed by atoms with Gasteiger partial charge in [-0.3, -0.25) is 9.69 Å².